The van der Waals surface area contributed by atoms with E-state index in [2.05, 4.69) is 24.3 Å². The number of likely N-dealkylation sites (tertiary alicyclic amines) is 1. The van der Waals surface area contributed by atoms with Gasteiger partial charge in [-0.25, -0.2) is 0 Å². The first-order valence-corrected chi connectivity index (χ1v) is 6.72. The molecule has 0 atom stereocenters. The minimum absolute atomic E-state index is 0. The molecule has 0 radical (unpaired) electrons. The predicted molar refractivity (Wildman–Crippen MR) is 78.8 cm³/mol. The molecule has 1 aliphatic rings. The molecular formula is C15H22ClNO2. The van der Waals surface area contributed by atoms with Gasteiger partial charge in [-0.1, -0.05) is 30.3 Å². The van der Waals surface area contributed by atoms with Crippen molar-refractivity contribution in [1.82, 2.24) is 4.90 Å². The molecule has 1 N–H and O–H groups in total. The van der Waals surface area contributed by atoms with Crippen molar-refractivity contribution in [2.45, 2.75) is 25.7 Å². The molecular weight excluding hydrogens is 262 g/mol. The van der Waals surface area contributed by atoms with Crippen LogP contribution in [0, 0.1) is 5.92 Å². The van der Waals surface area contributed by atoms with Crippen LogP contribution in [0.3, 0.4) is 0 Å². The van der Waals surface area contributed by atoms with E-state index in [1.807, 2.05) is 11.0 Å². The highest BCUT2D eigenvalue weighted by Gasteiger charge is 2.20. The summed E-state index contributed by atoms with van der Waals surface area (Å²) >= 11 is 0. The van der Waals surface area contributed by atoms with E-state index in [1.165, 1.54) is 12.0 Å². The molecule has 0 amide bonds. The van der Waals surface area contributed by atoms with Gasteiger partial charge in [-0.3, -0.25) is 9.69 Å². The van der Waals surface area contributed by atoms with Crippen LogP contribution in [0.5, 0.6) is 0 Å². The van der Waals surface area contributed by atoms with Crippen molar-refractivity contribution in [3.63, 3.8) is 0 Å². The molecule has 4 heteroatoms. The number of carbonyl (C=O) groups is 1. The van der Waals surface area contributed by atoms with Crippen molar-refractivity contribution >= 4 is 18.4 Å². The number of rotatable bonds is 5. The van der Waals surface area contributed by atoms with Crippen molar-refractivity contribution in [1.29, 1.82) is 0 Å². The van der Waals surface area contributed by atoms with Gasteiger partial charge in [0, 0.05) is 0 Å². The van der Waals surface area contributed by atoms with E-state index < -0.39 is 5.97 Å². The third-order valence-corrected chi connectivity index (χ3v) is 3.75. The highest BCUT2D eigenvalue weighted by Crippen LogP contribution is 2.22. The Kier molecular flexibility index (Phi) is 6.89. The minimum atomic E-state index is -0.710. The Balaban J connectivity index is 0.00000180. The average Bonchev–Trinajstić information content (AvgIpc) is 2.38. The van der Waals surface area contributed by atoms with Crippen LogP contribution in [-0.2, 0) is 11.2 Å². The lowest BCUT2D eigenvalue weighted by Gasteiger charge is -2.30. The van der Waals surface area contributed by atoms with E-state index in [0.29, 0.717) is 0 Å². The molecule has 3 nitrogen and oxygen atoms in total. The quantitative estimate of drug-likeness (QED) is 0.903. The number of hydrogen-bond acceptors (Lipinski definition) is 2. The molecule has 1 aromatic carbocycles. The molecule has 1 aromatic rings. The lowest BCUT2D eigenvalue weighted by Crippen LogP contribution is -2.37. The Bertz CT molecular complexity index is 375. The summed E-state index contributed by atoms with van der Waals surface area (Å²) in [6.07, 6.45) is 4.65. The van der Waals surface area contributed by atoms with Gasteiger partial charge in [-0.05, 0) is 50.3 Å². The summed E-state index contributed by atoms with van der Waals surface area (Å²) in [7, 11) is 0. The lowest BCUT2D eigenvalue weighted by molar-refractivity contribution is -0.138. The summed E-state index contributed by atoms with van der Waals surface area (Å²) in [6.45, 7) is 2.07. The molecule has 2 rings (SSSR count). The van der Waals surface area contributed by atoms with Crippen molar-refractivity contribution in [3.05, 3.63) is 35.9 Å². The molecule has 106 valence electrons. The molecule has 0 aromatic heterocycles. The largest absolute Gasteiger partial charge is 0.480 e. The van der Waals surface area contributed by atoms with E-state index in [4.69, 9.17) is 5.11 Å². The van der Waals surface area contributed by atoms with Gasteiger partial charge in [-0.15, -0.1) is 12.4 Å². The van der Waals surface area contributed by atoms with Crippen LogP contribution < -0.4 is 0 Å². The number of benzene rings is 1. The zero-order valence-electron chi connectivity index (χ0n) is 11.1. The number of carboxylic acids is 1. The van der Waals surface area contributed by atoms with Gasteiger partial charge in [0.2, 0.25) is 0 Å². The van der Waals surface area contributed by atoms with E-state index in [0.717, 1.165) is 38.3 Å². The number of aryl methyl sites for hydroxylation is 1. The van der Waals surface area contributed by atoms with Crippen molar-refractivity contribution in [2.24, 2.45) is 5.92 Å². The summed E-state index contributed by atoms with van der Waals surface area (Å²) in [5.74, 6) is 0.0491. The highest BCUT2D eigenvalue weighted by molar-refractivity contribution is 5.85. The van der Waals surface area contributed by atoms with Gasteiger partial charge < -0.3 is 5.11 Å². The maximum Gasteiger partial charge on any atom is 0.317 e. The van der Waals surface area contributed by atoms with Crippen LogP contribution in [0.25, 0.3) is 0 Å². The maximum absolute atomic E-state index is 10.6. The van der Waals surface area contributed by atoms with E-state index in [9.17, 15) is 4.79 Å². The van der Waals surface area contributed by atoms with Crippen LogP contribution in [0.15, 0.2) is 30.3 Å². The number of carboxylic acid groups (broad SMARTS) is 1. The Morgan fingerprint density at radius 1 is 1.21 bits per heavy atom. The third kappa shape index (κ3) is 5.62. The van der Waals surface area contributed by atoms with E-state index in [1.54, 1.807) is 0 Å². The summed E-state index contributed by atoms with van der Waals surface area (Å²) in [6, 6.07) is 10.6. The second kappa shape index (κ2) is 8.18. The maximum atomic E-state index is 10.6. The van der Waals surface area contributed by atoms with Crippen LogP contribution in [0.4, 0.5) is 0 Å². The molecule has 0 unspecified atom stereocenters. The topological polar surface area (TPSA) is 40.5 Å². The molecule has 1 heterocycles. The number of halogens is 1. The fourth-order valence-corrected chi connectivity index (χ4v) is 2.64. The number of aliphatic carboxylic acids is 1. The fraction of sp³-hybridized carbons (Fsp3) is 0.533. The highest BCUT2D eigenvalue weighted by atomic mass is 35.5. The molecule has 0 bridgehead atoms. The third-order valence-electron chi connectivity index (χ3n) is 3.75. The van der Waals surface area contributed by atoms with E-state index >= 15 is 0 Å². The number of hydrogen-bond donors (Lipinski definition) is 1. The summed E-state index contributed by atoms with van der Waals surface area (Å²) in [5, 5.41) is 8.74. The second-order valence-corrected chi connectivity index (χ2v) is 5.14. The van der Waals surface area contributed by atoms with Crippen LogP contribution in [0.1, 0.15) is 24.8 Å². The molecule has 0 aliphatic carbocycles. The molecule has 1 saturated heterocycles. The Morgan fingerprint density at radius 3 is 2.42 bits per heavy atom. The fourth-order valence-electron chi connectivity index (χ4n) is 2.64. The zero-order valence-corrected chi connectivity index (χ0v) is 11.9. The Hall–Kier alpha value is -1.06. The average molecular weight is 284 g/mol. The van der Waals surface area contributed by atoms with Gasteiger partial charge >= 0.3 is 5.97 Å². The van der Waals surface area contributed by atoms with Gasteiger partial charge in [-0.2, -0.15) is 0 Å². The number of nitrogens with zero attached hydrogens (tertiary/aromatic N) is 1. The first kappa shape index (κ1) is 16.0. The van der Waals surface area contributed by atoms with Gasteiger partial charge in [0.05, 0.1) is 6.54 Å². The van der Waals surface area contributed by atoms with Gasteiger partial charge in [0.15, 0.2) is 0 Å². The predicted octanol–water partition coefficient (Wildman–Crippen LogP) is 2.84. The normalized spacial score (nSPS) is 16.8. The molecule has 0 saturated carbocycles. The van der Waals surface area contributed by atoms with Crippen LogP contribution in [-0.4, -0.2) is 35.6 Å². The smallest absolute Gasteiger partial charge is 0.317 e. The first-order valence-electron chi connectivity index (χ1n) is 6.72. The first-order chi connectivity index (χ1) is 8.74. The number of piperidine rings is 1. The monoisotopic (exact) mass is 283 g/mol. The zero-order chi connectivity index (χ0) is 12.8. The molecule has 19 heavy (non-hydrogen) atoms. The molecule has 1 aliphatic heterocycles. The van der Waals surface area contributed by atoms with Crippen LogP contribution in [0.2, 0.25) is 0 Å². The summed E-state index contributed by atoms with van der Waals surface area (Å²) in [4.78, 5) is 12.7. The van der Waals surface area contributed by atoms with Crippen molar-refractivity contribution in [2.75, 3.05) is 19.6 Å². The Morgan fingerprint density at radius 2 is 1.84 bits per heavy atom. The van der Waals surface area contributed by atoms with Crippen molar-refractivity contribution in [3.8, 4) is 0 Å². The Labute approximate surface area is 121 Å². The van der Waals surface area contributed by atoms with Gasteiger partial charge in [0.25, 0.3) is 0 Å². The summed E-state index contributed by atoms with van der Waals surface area (Å²) in [5.41, 5.74) is 1.41. The van der Waals surface area contributed by atoms with Crippen molar-refractivity contribution < 1.29 is 9.90 Å². The standard InChI is InChI=1S/C15H21NO2.ClH/c17-15(18)12-16-10-8-14(9-11-16)7-6-13-4-2-1-3-5-13;/h1-5,14H,6-12H2,(H,17,18);1H. The van der Waals surface area contributed by atoms with Gasteiger partial charge in [0.1, 0.15) is 0 Å². The lowest BCUT2D eigenvalue weighted by atomic mass is 9.90. The molecule has 1 fully saturated rings. The second-order valence-electron chi connectivity index (χ2n) is 5.14. The van der Waals surface area contributed by atoms with Crippen LogP contribution >= 0.6 is 12.4 Å². The SMILES string of the molecule is Cl.O=C(O)CN1CCC(CCc2ccccc2)CC1. The van der Waals surface area contributed by atoms with E-state index in [-0.39, 0.29) is 19.0 Å². The molecule has 0 spiro atoms. The summed E-state index contributed by atoms with van der Waals surface area (Å²) < 4.78 is 0. The minimum Gasteiger partial charge on any atom is -0.480 e.